The van der Waals surface area contributed by atoms with E-state index in [0.29, 0.717) is 30.3 Å². The third kappa shape index (κ3) is 5.22. The first kappa shape index (κ1) is 21.9. The number of carbonyl (C=O) groups excluding carboxylic acids is 1. The number of hydrogen-bond donors (Lipinski definition) is 1. The van der Waals surface area contributed by atoms with E-state index < -0.39 is 22.0 Å². The van der Waals surface area contributed by atoms with E-state index in [0.717, 1.165) is 29.3 Å². The van der Waals surface area contributed by atoms with Gasteiger partial charge >= 0.3 is 0 Å². The van der Waals surface area contributed by atoms with E-state index in [1.165, 1.54) is 7.11 Å². The van der Waals surface area contributed by atoms with Crippen molar-refractivity contribution in [3.8, 4) is 5.75 Å². The number of benzene rings is 2. The van der Waals surface area contributed by atoms with Gasteiger partial charge in [-0.1, -0.05) is 0 Å². The quantitative estimate of drug-likeness (QED) is 0.721. The van der Waals surface area contributed by atoms with Crippen LogP contribution in [0.2, 0.25) is 0 Å². The van der Waals surface area contributed by atoms with E-state index in [2.05, 4.69) is 10.2 Å². The normalized spacial score (nSPS) is 15.4. The zero-order chi connectivity index (χ0) is 21.7. The van der Waals surface area contributed by atoms with Crippen molar-refractivity contribution in [2.24, 2.45) is 0 Å². The maximum Gasteiger partial charge on any atom is 0.247 e. The number of ether oxygens (including phenoxy) is 2. The van der Waals surface area contributed by atoms with Crippen molar-refractivity contribution in [2.45, 2.75) is 13.0 Å². The zero-order valence-electron chi connectivity index (χ0n) is 17.4. The van der Waals surface area contributed by atoms with Crippen molar-refractivity contribution >= 4 is 33.0 Å². The van der Waals surface area contributed by atoms with Crippen LogP contribution in [-0.4, -0.2) is 60.0 Å². The molecule has 1 fully saturated rings. The molecule has 0 aromatic heterocycles. The fourth-order valence-corrected chi connectivity index (χ4v) is 4.54. The second-order valence-corrected chi connectivity index (χ2v) is 8.93. The number of morpholine rings is 1. The summed E-state index contributed by atoms with van der Waals surface area (Å²) in [5.41, 5.74) is 2.05. The van der Waals surface area contributed by atoms with Crippen molar-refractivity contribution in [1.29, 1.82) is 0 Å². The van der Waals surface area contributed by atoms with Gasteiger partial charge in [0.15, 0.2) is 0 Å². The third-order valence-electron chi connectivity index (χ3n) is 4.93. The maximum absolute atomic E-state index is 12.8. The molecule has 0 bridgehead atoms. The van der Waals surface area contributed by atoms with E-state index in [4.69, 9.17) is 9.47 Å². The minimum absolute atomic E-state index is 0.392. The minimum atomic E-state index is -3.68. The number of rotatable bonds is 7. The largest absolute Gasteiger partial charge is 0.497 e. The van der Waals surface area contributed by atoms with Crippen molar-refractivity contribution < 1.29 is 22.7 Å². The molecular weight excluding hydrogens is 406 g/mol. The summed E-state index contributed by atoms with van der Waals surface area (Å²) in [7, 11) is -2.15. The van der Waals surface area contributed by atoms with Crippen LogP contribution in [0, 0.1) is 0 Å². The number of anilines is 3. The van der Waals surface area contributed by atoms with Crippen molar-refractivity contribution in [3.63, 3.8) is 0 Å². The van der Waals surface area contributed by atoms with Gasteiger partial charge in [0, 0.05) is 24.5 Å². The molecule has 1 aliphatic heterocycles. The Morgan fingerprint density at radius 2 is 1.70 bits per heavy atom. The van der Waals surface area contributed by atoms with Gasteiger partial charge in [0.05, 0.1) is 32.3 Å². The maximum atomic E-state index is 12.8. The number of amides is 1. The lowest BCUT2D eigenvalue weighted by Gasteiger charge is -2.29. The second-order valence-electron chi connectivity index (χ2n) is 7.07. The molecule has 0 spiro atoms. The van der Waals surface area contributed by atoms with Crippen LogP contribution in [0.1, 0.15) is 6.92 Å². The van der Waals surface area contributed by atoms with Crippen LogP contribution in [0.5, 0.6) is 5.75 Å². The van der Waals surface area contributed by atoms with Crippen molar-refractivity contribution in [3.05, 3.63) is 48.5 Å². The highest BCUT2D eigenvalue weighted by Crippen LogP contribution is 2.25. The van der Waals surface area contributed by atoms with E-state index in [-0.39, 0.29) is 0 Å². The Kier molecular flexibility index (Phi) is 6.84. The fourth-order valence-electron chi connectivity index (χ4n) is 3.36. The summed E-state index contributed by atoms with van der Waals surface area (Å²) >= 11 is 0. The van der Waals surface area contributed by atoms with Gasteiger partial charge in [0.1, 0.15) is 11.8 Å². The molecule has 3 rings (SSSR count). The SMILES string of the molecule is COc1ccc(N([C@H](C)C(=O)Nc2ccc(N3CCOCC3)cc2)S(C)(=O)=O)cc1. The lowest BCUT2D eigenvalue weighted by Crippen LogP contribution is -2.45. The fraction of sp³-hybridized carbons (Fsp3) is 0.381. The Morgan fingerprint density at radius 3 is 2.23 bits per heavy atom. The predicted molar refractivity (Wildman–Crippen MR) is 118 cm³/mol. The van der Waals surface area contributed by atoms with Crippen LogP contribution in [0.4, 0.5) is 17.1 Å². The summed E-state index contributed by atoms with van der Waals surface area (Å²) in [5.74, 6) is 0.181. The highest BCUT2D eigenvalue weighted by atomic mass is 32.2. The first-order valence-corrected chi connectivity index (χ1v) is 11.5. The molecule has 1 atom stereocenters. The average Bonchev–Trinajstić information content (AvgIpc) is 2.74. The highest BCUT2D eigenvalue weighted by Gasteiger charge is 2.29. The molecule has 0 unspecified atom stereocenters. The Labute approximate surface area is 177 Å². The first-order chi connectivity index (χ1) is 14.3. The van der Waals surface area contributed by atoms with Crippen LogP contribution >= 0.6 is 0 Å². The molecule has 0 saturated carbocycles. The molecule has 1 saturated heterocycles. The van der Waals surface area contributed by atoms with E-state index >= 15 is 0 Å². The first-order valence-electron chi connectivity index (χ1n) is 9.66. The summed E-state index contributed by atoms with van der Waals surface area (Å²) in [5, 5.41) is 2.80. The van der Waals surface area contributed by atoms with Gasteiger partial charge < -0.3 is 19.7 Å². The van der Waals surface area contributed by atoms with Crippen LogP contribution in [0.3, 0.4) is 0 Å². The molecule has 1 heterocycles. The Hall–Kier alpha value is -2.78. The number of nitrogens with one attached hydrogen (secondary N) is 1. The summed E-state index contributed by atoms with van der Waals surface area (Å²) in [6, 6.07) is 13.1. The summed E-state index contributed by atoms with van der Waals surface area (Å²) < 4.78 is 36.4. The van der Waals surface area contributed by atoms with Crippen molar-refractivity contribution in [1.82, 2.24) is 0 Å². The number of sulfonamides is 1. The topological polar surface area (TPSA) is 88.2 Å². The van der Waals surface area contributed by atoms with E-state index in [1.807, 2.05) is 24.3 Å². The molecule has 2 aromatic rings. The molecule has 2 aromatic carbocycles. The zero-order valence-corrected chi connectivity index (χ0v) is 18.2. The Bertz CT molecular complexity index is 955. The number of methoxy groups -OCH3 is 1. The highest BCUT2D eigenvalue weighted by molar-refractivity contribution is 7.92. The molecule has 30 heavy (non-hydrogen) atoms. The molecule has 9 heteroatoms. The van der Waals surface area contributed by atoms with Crippen LogP contribution in [-0.2, 0) is 19.6 Å². The Morgan fingerprint density at radius 1 is 1.10 bits per heavy atom. The second kappa shape index (κ2) is 9.36. The van der Waals surface area contributed by atoms with Gasteiger partial charge in [-0.25, -0.2) is 8.42 Å². The summed E-state index contributed by atoms with van der Waals surface area (Å²) in [4.78, 5) is 15.0. The number of hydrogen-bond acceptors (Lipinski definition) is 6. The minimum Gasteiger partial charge on any atom is -0.497 e. The van der Waals surface area contributed by atoms with Crippen LogP contribution in [0.25, 0.3) is 0 Å². The van der Waals surface area contributed by atoms with Gasteiger partial charge in [-0.2, -0.15) is 0 Å². The molecular formula is C21H27N3O5S. The third-order valence-corrected chi connectivity index (χ3v) is 6.17. The average molecular weight is 434 g/mol. The lowest BCUT2D eigenvalue weighted by atomic mass is 10.2. The molecule has 0 radical (unpaired) electrons. The molecule has 8 nitrogen and oxygen atoms in total. The lowest BCUT2D eigenvalue weighted by molar-refractivity contribution is -0.116. The Balaban J connectivity index is 1.73. The van der Waals surface area contributed by atoms with Crippen molar-refractivity contribution in [2.75, 3.05) is 54.2 Å². The summed E-state index contributed by atoms with van der Waals surface area (Å²) in [6.07, 6.45) is 1.08. The molecule has 1 amide bonds. The molecule has 1 N–H and O–H groups in total. The molecule has 1 aliphatic rings. The number of carbonyl (C=O) groups is 1. The van der Waals surface area contributed by atoms with E-state index in [9.17, 15) is 13.2 Å². The summed E-state index contributed by atoms with van der Waals surface area (Å²) in [6.45, 7) is 4.61. The van der Waals surface area contributed by atoms with E-state index in [1.54, 1.807) is 31.2 Å². The smallest absolute Gasteiger partial charge is 0.247 e. The van der Waals surface area contributed by atoms with Gasteiger partial charge in [-0.15, -0.1) is 0 Å². The van der Waals surface area contributed by atoms with Gasteiger partial charge in [-0.05, 0) is 55.5 Å². The van der Waals surface area contributed by atoms with Crippen LogP contribution < -0.4 is 19.3 Å². The predicted octanol–water partition coefficient (Wildman–Crippen LogP) is 2.33. The monoisotopic (exact) mass is 433 g/mol. The number of nitrogens with zero attached hydrogens (tertiary/aromatic N) is 2. The van der Waals surface area contributed by atoms with Crippen LogP contribution in [0.15, 0.2) is 48.5 Å². The standard InChI is InChI=1S/C21H27N3O5S/c1-16(24(30(3,26)27)19-8-10-20(28-2)11-9-19)21(25)22-17-4-6-18(7-5-17)23-12-14-29-15-13-23/h4-11,16H,12-15H2,1-3H3,(H,22,25)/t16-/m1/s1. The van der Waals surface area contributed by atoms with Gasteiger partial charge in [0.25, 0.3) is 0 Å². The van der Waals surface area contributed by atoms with Gasteiger partial charge in [-0.3, -0.25) is 9.10 Å². The molecule has 0 aliphatic carbocycles. The van der Waals surface area contributed by atoms with Gasteiger partial charge in [0.2, 0.25) is 15.9 Å². The molecule has 162 valence electrons.